The van der Waals surface area contributed by atoms with Gasteiger partial charge in [0.05, 0.1) is 26.2 Å². The van der Waals surface area contributed by atoms with Crippen molar-refractivity contribution in [2.75, 3.05) is 52.4 Å². The van der Waals surface area contributed by atoms with Gasteiger partial charge in [0.2, 0.25) is 0 Å². The van der Waals surface area contributed by atoms with E-state index in [0.29, 0.717) is 0 Å². The van der Waals surface area contributed by atoms with Gasteiger partial charge in [0, 0.05) is 51.1 Å². The topological polar surface area (TPSA) is 36.1 Å². The number of quaternary nitrogens is 1. The first-order valence-corrected chi connectivity index (χ1v) is 13.9. The summed E-state index contributed by atoms with van der Waals surface area (Å²) in [5.74, 6) is 0. The van der Waals surface area contributed by atoms with Crippen molar-refractivity contribution >= 4 is 0 Å². The van der Waals surface area contributed by atoms with Crippen molar-refractivity contribution in [2.24, 2.45) is 0 Å². The van der Waals surface area contributed by atoms with Gasteiger partial charge in [0.25, 0.3) is 0 Å². The van der Waals surface area contributed by atoms with E-state index in [1.54, 1.807) is 0 Å². The van der Waals surface area contributed by atoms with Gasteiger partial charge in [-0.15, -0.1) is 0 Å². The van der Waals surface area contributed by atoms with Crippen molar-refractivity contribution in [3.8, 4) is 0 Å². The Bertz CT molecular complexity index is 373. The second kappa shape index (κ2) is 14.8. The Hall–Kier alpha value is -0.160. The Balaban J connectivity index is 1.32. The third kappa shape index (κ3) is 9.54. The van der Waals surface area contributed by atoms with Gasteiger partial charge in [-0.25, -0.2) is 0 Å². The summed E-state index contributed by atoms with van der Waals surface area (Å²) in [5, 5.41) is 11.5. The number of nitrogens with one attached hydrogen (secondary N) is 3. The SMILES string of the molecule is C1CCCC(NCCC[N+]2(CCCNC3CCCCCCC3)CCNCC2)CCC1. The molecule has 0 bridgehead atoms. The summed E-state index contributed by atoms with van der Waals surface area (Å²) < 4.78 is 1.37. The largest absolute Gasteiger partial charge is 0.321 e. The van der Waals surface area contributed by atoms with Crippen LogP contribution in [0.5, 0.6) is 0 Å². The summed E-state index contributed by atoms with van der Waals surface area (Å²) in [6.07, 6.45) is 22.9. The van der Waals surface area contributed by atoms with Crippen LogP contribution in [0.2, 0.25) is 0 Å². The van der Waals surface area contributed by atoms with Crippen molar-refractivity contribution in [1.82, 2.24) is 16.0 Å². The number of piperazine rings is 1. The van der Waals surface area contributed by atoms with Crippen LogP contribution in [0.25, 0.3) is 0 Å². The third-order valence-corrected chi connectivity index (χ3v) is 8.22. The highest BCUT2D eigenvalue weighted by Crippen LogP contribution is 2.19. The Morgan fingerprint density at radius 3 is 1.40 bits per heavy atom. The van der Waals surface area contributed by atoms with Gasteiger partial charge in [-0.3, -0.25) is 0 Å². The molecule has 2 aliphatic carbocycles. The molecule has 0 unspecified atom stereocenters. The van der Waals surface area contributed by atoms with Crippen molar-refractivity contribution in [2.45, 2.75) is 115 Å². The van der Waals surface area contributed by atoms with Crippen LogP contribution in [-0.4, -0.2) is 68.9 Å². The molecule has 1 saturated heterocycles. The summed E-state index contributed by atoms with van der Waals surface area (Å²) in [5.41, 5.74) is 0. The Labute approximate surface area is 187 Å². The molecule has 0 spiro atoms. The first-order chi connectivity index (χ1) is 14.9. The lowest BCUT2D eigenvalue weighted by Gasteiger charge is -2.42. The fourth-order valence-corrected chi connectivity index (χ4v) is 6.19. The maximum Gasteiger partial charge on any atom is 0.0913 e. The molecule has 1 aliphatic heterocycles. The number of hydrogen-bond donors (Lipinski definition) is 3. The van der Waals surface area contributed by atoms with E-state index in [4.69, 9.17) is 0 Å². The molecule has 4 nitrogen and oxygen atoms in total. The van der Waals surface area contributed by atoms with Gasteiger partial charge < -0.3 is 20.4 Å². The summed E-state index contributed by atoms with van der Waals surface area (Å²) in [7, 11) is 0. The molecule has 3 N–H and O–H groups in total. The minimum Gasteiger partial charge on any atom is -0.321 e. The quantitative estimate of drug-likeness (QED) is 0.357. The molecule has 3 aliphatic rings. The second-order valence-electron chi connectivity index (χ2n) is 10.7. The van der Waals surface area contributed by atoms with Crippen molar-refractivity contribution in [3.63, 3.8) is 0 Å². The fraction of sp³-hybridized carbons (Fsp3) is 1.00. The number of hydrogen-bond acceptors (Lipinski definition) is 3. The van der Waals surface area contributed by atoms with E-state index in [-0.39, 0.29) is 0 Å². The van der Waals surface area contributed by atoms with Crippen LogP contribution in [-0.2, 0) is 0 Å². The van der Waals surface area contributed by atoms with Gasteiger partial charge in [-0.1, -0.05) is 64.2 Å². The average molecular weight is 422 g/mol. The van der Waals surface area contributed by atoms with Gasteiger partial charge in [0.1, 0.15) is 0 Å². The molecular formula is C26H53N4+. The standard InChI is InChI=1S/C26H53N4/c1-3-7-13-25(14-8-4-1)28-17-11-21-30(23-19-27-20-24-30)22-12-18-29-26-15-9-5-2-6-10-16-26/h25-29H,1-24H2/q+1. The minimum atomic E-state index is 0.801. The van der Waals surface area contributed by atoms with Crippen LogP contribution in [0.15, 0.2) is 0 Å². The predicted octanol–water partition coefficient (Wildman–Crippen LogP) is 4.59. The predicted molar refractivity (Wildman–Crippen MR) is 130 cm³/mol. The molecule has 0 atom stereocenters. The zero-order valence-corrected chi connectivity index (χ0v) is 20.1. The van der Waals surface area contributed by atoms with E-state index in [2.05, 4.69) is 16.0 Å². The summed E-state index contributed by atoms with van der Waals surface area (Å²) >= 11 is 0. The van der Waals surface area contributed by atoms with E-state index in [0.717, 1.165) is 12.1 Å². The monoisotopic (exact) mass is 421 g/mol. The van der Waals surface area contributed by atoms with Gasteiger partial charge >= 0.3 is 0 Å². The molecule has 176 valence electrons. The Morgan fingerprint density at radius 2 is 0.967 bits per heavy atom. The highest BCUT2D eigenvalue weighted by Gasteiger charge is 2.28. The minimum absolute atomic E-state index is 0.801. The molecule has 0 aromatic carbocycles. The molecule has 0 aromatic heterocycles. The molecule has 1 heterocycles. The summed E-state index contributed by atoms with van der Waals surface area (Å²) in [6, 6.07) is 1.60. The van der Waals surface area contributed by atoms with Crippen molar-refractivity contribution in [3.05, 3.63) is 0 Å². The molecule has 4 heteroatoms. The van der Waals surface area contributed by atoms with Crippen LogP contribution < -0.4 is 16.0 Å². The molecule has 0 radical (unpaired) electrons. The van der Waals surface area contributed by atoms with E-state index in [1.165, 1.54) is 160 Å². The molecule has 3 rings (SSSR count). The maximum absolute atomic E-state index is 3.93. The van der Waals surface area contributed by atoms with Crippen LogP contribution >= 0.6 is 0 Å². The Morgan fingerprint density at radius 1 is 0.567 bits per heavy atom. The van der Waals surface area contributed by atoms with Crippen LogP contribution in [0.4, 0.5) is 0 Å². The summed E-state index contributed by atoms with van der Waals surface area (Å²) in [6.45, 7) is 10.3. The van der Waals surface area contributed by atoms with Crippen LogP contribution in [0.1, 0.15) is 103 Å². The zero-order valence-electron chi connectivity index (χ0n) is 20.1. The zero-order chi connectivity index (χ0) is 20.7. The Kier molecular flexibility index (Phi) is 12.1. The van der Waals surface area contributed by atoms with E-state index in [1.807, 2.05) is 0 Å². The molecular weight excluding hydrogens is 368 g/mol. The molecule has 2 saturated carbocycles. The smallest absolute Gasteiger partial charge is 0.0913 e. The lowest BCUT2D eigenvalue weighted by atomic mass is 9.96. The highest BCUT2D eigenvalue weighted by molar-refractivity contribution is 4.71. The normalized spacial score (nSPS) is 25.2. The van der Waals surface area contributed by atoms with E-state index in [9.17, 15) is 0 Å². The molecule has 0 aromatic rings. The maximum atomic E-state index is 3.93. The first kappa shape index (κ1) is 24.5. The molecule has 3 fully saturated rings. The number of rotatable bonds is 10. The third-order valence-electron chi connectivity index (χ3n) is 8.22. The second-order valence-corrected chi connectivity index (χ2v) is 10.7. The van der Waals surface area contributed by atoms with Crippen molar-refractivity contribution < 1.29 is 4.48 Å². The lowest BCUT2D eigenvalue weighted by Crippen LogP contribution is -2.60. The molecule has 30 heavy (non-hydrogen) atoms. The van der Waals surface area contributed by atoms with E-state index >= 15 is 0 Å². The lowest BCUT2D eigenvalue weighted by molar-refractivity contribution is -0.929. The summed E-state index contributed by atoms with van der Waals surface area (Å²) in [4.78, 5) is 0. The first-order valence-electron chi connectivity index (χ1n) is 13.9. The number of nitrogens with zero attached hydrogens (tertiary/aromatic N) is 1. The van der Waals surface area contributed by atoms with Crippen LogP contribution in [0.3, 0.4) is 0 Å². The van der Waals surface area contributed by atoms with Gasteiger partial charge in [0.15, 0.2) is 0 Å². The average Bonchev–Trinajstić information content (AvgIpc) is 2.72. The van der Waals surface area contributed by atoms with Crippen LogP contribution in [0, 0.1) is 0 Å². The highest BCUT2D eigenvalue weighted by atomic mass is 15.4. The van der Waals surface area contributed by atoms with Crippen molar-refractivity contribution in [1.29, 1.82) is 0 Å². The van der Waals surface area contributed by atoms with Gasteiger partial charge in [-0.2, -0.15) is 0 Å². The fourth-order valence-electron chi connectivity index (χ4n) is 6.19. The van der Waals surface area contributed by atoms with Gasteiger partial charge in [-0.05, 0) is 25.7 Å². The van der Waals surface area contributed by atoms with E-state index < -0.39 is 0 Å². The molecule has 0 amide bonds.